The molecule has 0 aliphatic heterocycles. The van der Waals surface area contributed by atoms with Crippen LogP contribution in [0.1, 0.15) is 79.5 Å². The largest absolute Gasteiger partial charge is 0.147 e. The molecule has 32 heavy (non-hydrogen) atoms. The molecule has 0 radical (unpaired) electrons. The predicted octanol–water partition coefficient (Wildman–Crippen LogP) is 8.34. The van der Waals surface area contributed by atoms with E-state index >= 15 is 0 Å². The van der Waals surface area contributed by atoms with E-state index in [0.29, 0.717) is 3.67 Å². The van der Waals surface area contributed by atoms with Gasteiger partial charge >= 0.3 is 190 Å². The van der Waals surface area contributed by atoms with Crippen molar-refractivity contribution in [3.8, 4) is 11.1 Å². The molecule has 0 spiro atoms. The Morgan fingerprint density at radius 3 is 2.00 bits per heavy atom. The first kappa shape index (κ1) is 27.8. The summed E-state index contributed by atoms with van der Waals surface area (Å²) in [4.78, 5) is 0. The molecule has 0 heterocycles. The molecule has 0 saturated carbocycles. The molecule has 0 saturated heterocycles. The third-order valence-corrected chi connectivity index (χ3v) is 17.8. The Labute approximate surface area is 213 Å². The average molecular weight is 653 g/mol. The third kappa shape index (κ3) is 4.85. The minimum absolute atomic E-state index is 0. The Hall–Kier alpha value is -0.413. The smallest absolute Gasteiger partial charge is 0.147 e. The Morgan fingerprint density at radius 1 is 0.875 bits per heavy atom. The van der Waals surface area contributed by atoms with Crippen molar-refractivity contribution in [1.29, 1.82) is 0 Å². The molecule has 2 aliphatic rings. The number of allylic oxidation sites excluding steroid dienone is 4. The minimum Gasteiger partial charge on any atom is -0.147 e. The zero-order valence-electron chi connectivity index (χ0n) is 20.9. The molecule has 0 aromatic heterocycles. The van der Waals surface area contributed by atoms with Gasteiger partial charge in [0.05, 0.1) is 0 Å². The van der Waals surface area contributed by atoms with Crippen molar-refractivity contribution in [3.63, 3.8) is 0 Å². The summed E-state index contributed by atoms with van der Waals surface area (Å²) in [6.45, 7) is 16.5. The Balaban J connectivity index is 0.00000181. The number of hydrogen-bond donors (Lipinski definition) is 0. The second kappa shape index (κ2) is 9.32. The normalized spacial score (nSPS) is 17.2. The fraction of sp³-hybridized carbons (Fsp3) is 0.429. The SMILES string of the molecule is CC(C)(C)c1ccc2c(c1)[CH]([Hf]([CH3])([CH3])=[SiH2])c1c-2ccc(C(C)(C)C)c1C1=CC=CC1.Cl.Cl. The van der Waals surface area contributed by atoms with E-state index < -0.39 is 18.6 Å². The number of hydrogen-bond acceptors (Lipinski definition) is 0. The molecule has 0 fully saturated rings. The van der Waals surface area contributed by atoms with E-state index in [1.165, 1.54) is 27.8 Å². The topological polar surface area (TPSA) is 0 Å². The predicted molar refractivity (Wildman–Crippen MR) is 148 cm³/mol. The van der Waals surface area contributed by atoms with Crippen molar-refractivity contribution >= 4 is 37.3 Å². The monoisotopic (exact) mass is 653 g/mol. The second-order valence-electron chi connectivity index (χ2n) is 12.0. The van der Waals surface area contributed by atoms with Crippen molar-refractivity contribution in [2.75, 3.05) is 0 Å². The maximum absolute atomic E-state index is 2.65. The first-order chi connectivity index (χ1) is 13.8. The molecule has 2 aliphatic carbocycles. The van der Waals surface area contributed by atoms with Crippen LogP contribution in [-0.4, -0.2) is 6.94 Å². The molecular weight excluding hydrogens is 614 g/mol. The van der Waals surface area contributed by atoms with Crippen LogP contribution in [0.2, 0.25) is 9.36 Å². The van der Waals surface area contributed by atoms with Gasteiger partial charge in [-0.15, -0.1) is 24.8 Å². The molecule has 0 N–H and O–H groups in total. The molecule has 1 unspecified atom stereocenters. The molecule has 173 valence electrons. The maximum atomic E-state index is 2.65. The van der Waals surface area contributed by atoms with Gasteiger partial charge in [0.1, 0.15) is 0 Å². The van der Waals surface area contributed by atoms with E-state index in [-0.39, 0.29) is 35.6 Å². The molecular formula is C28H39Cl2HfSi. The summed E-state index contributed by atoms with van der Waals surface area (Å²) in [6, 6.07) is 12.2. The van der Waals surface area contributed by atoms with Crippen LogP contribution in [0.3, 0.4) is 0 Å². The molecule has 0 nitrogen and oxygen atoms in total. The molecule has 1 atom stereocenters. The van der Waals surface area contributed by atoms with E-state index in [2.05, 4.69) is 106 Å². The summed E-state index contributed by atoms with van der Waals surface area (Å²) in [5.41, 5.74) is 12.7. The van der Waals surface area contributed by atoms with Crippen molar-refractivity contribution < 1.29 is 18.6 Å². The van der Waals surface area contributed by atoms with Gasteiger partial charge in [0, 0.05) is 0 Å². The van der Waals surface area contributed by atoms with Gasteiger partial charge in [-0.1, -0.05) is 0 Å². The van der Waals surface area contributed by atoms with Crippen LogP contribution in [-0.2, 0) is 29.4 Å². The van der Waals surface area contributed by atoms with Gasteiger partial charge in [-0.05, 0) is 0 Å². The van der Waals surface area contributed by atoms with Crippen LogP contribution < -0.4 is 0 Å². The summed E-state index contributed by atoms with van der Waals surface area (Å²) < 4.78 is 5.93. The summed E-state index contributed by atoms with van der Waals surface area (Å²) in [5.74, 6) is 0. The zero-order valence-corrected chi connectivity index (χ0v) is 27.6. The third-order valence-electron chi connectivity index (χ3n) is 6.73. The number of rotatable bonds is 2. The van der Waals surface area contributed by atoms with Crippen molar-refractivity contribution in [2.45, 2.75) is 71.8 Å². The van der Waals surface area contributed by atoms with Gasteiger partial charge < -0.3 is 0 Å². The fourth-order valence-electron chi connectivity index (χ4n) is 5.24. The van der Waals surface area contributed by atoms with Crippen LogP contribution in [0.5, 0.6) is 0 Å². The molecule has 4 heteroatoms. The standard InChI is InChI=1S/C26H29.2CH3.2ClH.Hf.H2Si/c1-25(2,3)19-11-12-20-18(15-19)16-22-21(20)13-14-23(26(4,5)6)24(22)17-9-7-8-10-17;;;;;;/h7-9,11-16H,10H2,1-6H3;2*1H3;2*1H;;1H2. The van der Waals surface area contributed by atoms with Crippen LogP contribution in [0.25, 0.3) is 16.7 Å². The Kier molecular flexibility index (Phi) is 8.11. The van der Waals surface area contributed by atoms with E-state index in [1.54, 1.807) is 16.7 Å². The van der Waals surface area contributed by atoms with Crippen molar-refractivity contribution in [3.05, 3.63) is 76.4 Å². The van der Waals surface area contributed by atoms with Crippen LogP contribution in [0.4, 0.5) is 0 Å². The Bertz CT molecular complexity index is 1140. The van der Waals surface area contributed by atoms with E-state index in [4.69, 9.17) is 0 Å². The first-order valence-electron chi connectivity index (χ1n) is 11.3. The zero-order chi connectivity index (χ0) is 22.1. The van der Waals surface area contributed by atoms with Crippen molar-refractivity contribution in [1.82, 2.24) is 0 Å². The molecule has 2 aromatic rings. The fourth-order valence-corrected chi connectivity index (χ4v) is 16.5. The van der Waals surface area contributed by atoms with Crippen molar-refractivity contribution in [2.24, 2.45) is 0 Å². The van der Waals surface area contributed by atoms with E-state index in [0.717, 1.165) is 6.42 Å². The van der Waals surface area contributed by atoms with Gasteiger partial charge in [-0.2, -0.15) is 0 Å². The van der Waals surface area contributed by atoms with Gasteiger partial charge in [0.2, 0.25) is 0 Å². The molecule has 0 amide bonds. The quantitative estimate of drug-likeness (QED) is 0.286. The van der Waals surface area contributed by atoms with Gasteiger partial charge in [0.15, 0.2) is 0 Å². The first-order valence-corrected chi connectivity index (χ1v) is 28.9. The summed E-state index contributed by atoms with van der Waals surface area (Å²) >= 11 is -2.49. The summed E-state index contributed by atoms with van der Waals surface area (Å²) in [6.07, 6.45) is 8.00. The Morgan fingerprint density at radius 2 is 1.50 bits per heavy atom. The second-order valence-corrected chi connectivity index (χ2v) is 43.3. The maximum Gasteiger partial charge on any atom is -0.147 e. The number of fused-ring (bicyclic) bond motifs is 3. The van der Waals surface area contributed by atoms with E-state index in [1.807, 2.05) is 0 Å². The molecule has 4 rings (SSSR count). The van der Waals surface area contributed by atoms with Crippen LogP contribution in [0.15, 0.2) is 48.6 Å². The van der Waals surface area contributed by atoms with Crippen LogP contribution in [0, 0.1) is 0 Å². The average Bonchev–Trinajstić information content (AvgIpc) is 3.24. The summed E-state index contributed by atoms with van der Waals surface area (Å²) in [7, 11) is 0. The molecule has 0 bridgehead atoms. The number of halogens is 2. The van der Waals surface area contributed by atoms with Crippen LogP contribution >= 0.6 is 24.8 Å². The molecule has 2 aromatic carbocycles. The van der Waals surface area contributed by atoms with Gasteiger partial charge in [-0.3, -0.25) is 0 Å². The van der Waals surface area contributed by atoms with E-state index in [9.17, 15) is 0 Å². The van der Waals surface area contributed by atoms with Gasteiger partial charge in [0.25, 0.3) is 0 Å². The summed E-state index contributed by atoms with van der Waals surface area (Å²) in [5, 5.41) is 0. The number of benzene rings is 2. The van der Waals surface area contributed by atoms with Gasteiger partial charge in [-0.25, -0.2) is 0 Å². The minimum atomic E-state index is -2.49.